The van der Waals surface area contributed by atoms with Crippen molar-refractivity contribution in [3.63, 3.8) is 0 Å². The van der Waals surface area contributed by atoms with Crippen LogP contribution >= 0.6 is 11.3 Å². The summed E-state index contributed by atoms with van der Waals surface area (Å²) in [7, 11) is 2.21. The second kappa shape index (κ2) is 5.94. The molecule has 0 spiro atoms. The van der Waals surface area contributed by atoms with Crippen molar-refractivity contribution in [3.8, 4) is 0 Å². The Morgan fingerprint density at radius 2 is 2.24 bits per heavy atom. The van der Waals surface area contributed by atoms with Gasteiger partial charge in [0.05, 0.1) is 0 Å². The largest absolute Gasteiger partial charge is 0.308 e. The van der Waals surface area contributed by atoms with Crippen molar-refractivity contribution in [2.24, 2.45) is 5.92 Å². The molecule has 1 aliphatic heterocycles. The minimum Gasteiger partial charge on any atom is -0.308 e. The molecule has 0 aromatic carbocycles. The second-order valence-corrected chi connectivity index (χ2v) is 6.14. The minimum atomic E-state index is 0.605. The Labute approximate surface area is 108 Å². The first-order valence-electron chi connectivity index (χ1n) is 6.48. The van der Waals surface area contributed by atoms with Gasteiger partial charge in [0, 0.05) is 23.7 Å². The maximum Gasteiger partial charge on any atom is 0.107 e. The van der Waals surface area contributed by atoms with Gasteiger partial charge in [-0.3, -0.25) is 0 Å². The van der Waals surface area contributed by atoms with Crippen molar-refractivity contribution in [2.75, 3.05) is 20.1 Å². The predicted octanol–water partition coefficient (Wildman–Crippen LogP) is 2.27. The van der Waals surface area contributed by atoms with Gasteiger partial charge in [0.25, 0.3) is 0 Å². The molecular formula is C13H23N3S. The van der Waals surface area contributed by atoms with Gasteiger partial charge in [-0.15, -0.1) is 11.3 Å². The van der Waals surface area contributed by atoms with Gasteiger partial charge in [-0.1, -0.05) is 0 Å². The van der Waals surface area contributed by atoms with E-state index in [0.717, 1.165) is 18.2 Å². The van der Waals surface area contributed by atoms with Crippen LogP contribution in [-0.4, -0.2) is 36.1 Å². The van der Waals surface area contributed by atoms with Gasteiger partial charge in [-0.2, -0.15) is 0 Å². The molecule has 1 N–H and O–H groups in total. The fourth-order valence-electron chi connectivity index (χ4n) is 2.43. The summed E-state index contributed by atoms with van der Waals surface area (Å²) >= 11 is 1.76. The number of aromatic nitrogens is 1. The fourth-order valence-corrected chi connectivity index (χ4v) is 3.15. The number of nitrogens with one attached hydrogen (secondary N) is 1. The van der Waals surface area contributed by atoms with Crippen LogP contribution in [0.3, 0.4) is 0 Å². The quantitative estimate of drug-likeness (QED) is 0.892. The second-order valence-electron chi connectivity index (χ2n) is 5.19. The Bertz CT molecular complexity index is 342. The minimum absolute atomic E-state index is 0.605. The smallest absolute Gasteiger partial charge is 0.107 e. The third-order valence-corrected chi connectivity index (χ3v) is 4.68. The van der Waals surface area contributed by atoms with Gasteiger partial charge in [-0.05, 0) is 52.7 Å². The van der Waals surface area contributed by atoms with Crippen molar-refractivity contribution < 1.29 is 0 Å². The molecule has 0 bridgehead atoms. The van der Waals surface area contributed by atoms with E-state index < -0.39 is 0 Å². The molecule has 1 unspecified atom stereocenters. The standard InChI is InChI=1S/C13H23N3S/c1-10-9-17-13(15-10)8-14-11(2)12-4-6-16(3)7-5-12/h9,11-12,14H,4-8H2,1-3H3. The van der Waals surface area contributed by atoms with Gasteiger partial charge in [0.1, 0.15) is 5.01 Å². The Balaban J connectivity index is 1.75. The Morgan fingerprint density at radius 1 is 1.53 bits per heavy atom. The molecule has 4 heteroatoms. The zero-order valence-corrected chi connectivity index (χ0v) is 11.9. The number of nitrogens with zero attached hydrogens (tertiary/aromatic N) is 2. The predicted molar refractivity (Wildman–Crippen MR) is 73.4 cm³/mol. The van der Waals surface area contributed by atoms with Crippen molar-refractivity contribution in [1.82, 2.24) is 15.2 Å². The van der Waals surface area contributed by atoms with Crippen molar-refractivity contribution in [3.05, 3.63) is 16.1 Å². The summed E-state index contributed by atoms with van der Waals surface area (Å²) in [5, 5.41) is 6.96. The first kappa shape index (κ1) is 13.0. The summed E-state index contributed by atoms with van der Waals surface area (Å²) in [6.45, 7) is 7.78. The number of rotatable bonds is 4. The number of likely N-dealkylation sites (tertiary alicyclic amines) is 1. The van der Waals surface area contributed by atoms with E-state index in [2.05, 4.69) is 41.5 Å². The average molecular weight is 253 g/mol. The normalized spacial score (nSPS) is 20.6. The van der Waals surface area contributed by atoms with E-state index in [1.807, 2.05) is 0 Å². The molecule has 1 atom stereocenters. The summed E-state index contributed by atoms with van der Waals surface area (Å²) in [6, 6.07) is 0.605. The zero-order valence-electron chi connectivity index (χ0n) is 11.1. The average Bonchev–Trinajstić information content (AvgIpc) is 2.73. The molecule has 0 amide bonds. The lowest BCUT2D eigenvalue weighted by atomic mass is 9.90. The van der Waals surface area contributed by atoms with Crippen LogP contribution in [0.15, 0.2) is 5.38 Å². The van der Waals surface area contributed by atoms with Crippen LogP contribution in [0.2, 0.25) is 0 Å². The Morgan fingerprint density at radius 3 is 2.82 bits per heavy atom. The Hall–Kier alpha value is -0.450. The van der Waals surface area contributed by atoms with Gasteiger partial charge in [0.2, 0.25) is 0 Å². The molecule has 1 aliphatic rings. The summed E-state index contributed by atoms with van der Waals surface area (Å²) in [5.41, 5.74) is 1.14. The van der Waals surface area contributed by atoms with E-state index in [-0.39, 0.29) is 0 Å². The van der Waals surface area contributed by atoms with Crippen molar-refractivity contribution in [2.45, 2.75) is 39.3 Å². The molecule has 1 fully saturated rings. The highest BCUT2D eigenvalue weighted by atomic mass is 32.1. The number of thiazole rings is 1. The van der Waals surface area contributed by atoms with E-state index in [9.17, 15) is 0 Å². The fraction of sp³-hybridized carbons (Fsp3) is 0.769. The number of piperidine rings is 1. The van der Waals surface area contributed by atoms with Crippen LogP contribution in [0.4, 0.5) is 0 Å². The van der Waals surface area contributed by atoms with E-state index >= 15 is 0 Å². The summed E-state index contributed by atoms with van der Waals surface area (Å²) in [5.74, 6) is 0.826. The van der Waals surface area contributed by atoms with Gasteiger partial charge >= 0.3 is 0 Å². The lowest BCUT2D eigenvalue weighted by molar-refractivity contribution is 0.189. The molecule has 3 nitrogen and oxygen atoms in total. The highest BCUT2D eigenvalue weighted by molar-refractivity contribution is 7.09. The van der Waals surface area contributed by atoms with Crippen LogP contribution < -0.4 is 5.32 Å². The maximum absolute atomic E-state index is 4.49. The molecule has 2 heterocycles. The highest BCUT2D eigenvalue weighted by Gasteiger charge is 2.21. The molecule has 96 valence electrons. The monoisotopic (exact) mass is 253 g/mol. The number of aryl methyl sites for hydroxylation is 1. The van der Waals surface area contributed by atoms with Crippen LogP contribution in [0, 0.1) is 12.8 Å². The lowest BCUT2D eigenvalue weighted by Gasteiger charge is -2.33. The summed E-state index contributed by atoms with van der Waals surface area (Å²) in [6.07, 6.45) is 2.64. The van der Waals surface area contributed by atoms with Crippen molar-refractivity contribution in [1.29, 1.82) is 0 Å². The molecule has 0 saturated carbocycles. The van der Waals surface area contributed by atoms with E-state index in [1.165, 1.54) is 30.9 Å². The third-order valence-electron chi connectivity index (χ3n) is 3.71. The van der Waals surface area contributed by atoms with Crippen LogP contribution in [0.25, 0.3) is 0 Å². The van der Waals surface area contributed by atoms with Gasteiger partial charge in [-0.25, -0.2) is 4.98 Å². The number of hydrogen-bond donors (Lipinski definition) is 1. The van der Waals surface area contributed by atoms with Crippen molar-refractivity contribution >= 4 is 11.3 Å². The van der Waals surface area contributed by atoms with Crippen LogP contribution in [-0.2, 0) is 6.54 Å². The molecule has 0 aliphatic carbocycles. The van der Waals surface area contributed by atoms with Crippen LogP contribution in [0.5, 0.6) is 0 Å². The highest BCUT2D eigenvalue weighted by Crippen LogP contribution is 2.20. The van der Waals surface area contributed by atoms with E-state index in [4.69, 9.17) is 0 Å². The first-order chi connectivity index (χ1) is 8.15. The third kappa shape index (κ3) is 3.76. The maximum atomic E-state index is 4.49. The van der Waals surface area contributed by atoms with Gasteiger partial charge in [0.15, 0.2) is 0 Å². The Kier molecular flexibility index (Phi) is 4.54. The van der Waals surface area contributed by atoms with E-state index in [0.29, 0.717) is 6.04 Å². The molecule has 0 radical (unpaired) electrons. The molecule has 2 rings (SSSR count). The molecule has 1 aromatic heterocycles. The topological polar surface area (TPSA) is 28.2 Å². The molecule has 17 heavy (non-hydrogen) atoms. The summed E-state index contributed by atoms with van der Waals surface area (Å²) < 4.78 is 0. The number of hydrogen-bond acceptors (Lipinski definition) is 4. The van der Waals surface area contributed by atoms with Gasteiger partial charge < -0.3 is 10.2 Å². The first-order valence-corrected chi connectivity index (χ1v) is 7.36. The lowest BCUT2D eigenvalue weighted by Crippen LogP contribution is -2.40. The zero-order chi connectivity index (χ0) is 12.3. The molecule has 1 aromatic rings. The molecule has 1 saturated heterocycles. The van der Waals surface area contributed by atoms with E-state index in [1.54, 1.807) is 11.3 Å². The summed E-state index contributed by atoms with van der Waals surface area (Å²) in [4.78, 5) is 6.91. The molecular weight excluding hydrogens is 230 g/mol. The van der Waals surface area contributed by atoms with Crippen LogP contribution in [0.1, 0.15) is 30.5 Å². The SMILES string of the molecule is Cc1csc(CNC(C)C2CCN(C)CC2)n1.